The highest BCUT2D eigenvalue weighted by atomic mass is 14.6. The first-order valence-electron chi connectivity index (χ1n) is 28.3. The Labute approximate surface area is 359 Å². The van der Waals surface area contributed by atoms with E-state index in [-0.39, 0.29) is 0 Å². The molecule has 6 aliphatic rings. The molecule has 1 radical (unpaired) electrons. The van der Waals surface area contributed by atoms with Gasteiger partial charge in [0.25, 0.3) is 0 Å². The van der Waals surface area contributed by atoms with Gasteiger partial charge in [0.1, 0.15) is 0 Å². The largest absolute Gasteiger partial charge is 0.0533 e. The van der Waals surface area contributed by atoms with Crippen molar-refractivity contribution in [2.24, 2.45) is 46.8 Å². The normalized spacial score (nSPS) is 27.7. The Hall–Kier alpha value is 0. The quantitative estimate of drug-likeness (QED) is 0.230. The van der Waals surface area contributed by atoms with Crippen LogP contribution in [0.5, 0.6) is 0 Å². The fourth-order valence-corrected chi connectivity index (χ4v) is 15.9. The van der Waals surface area contributed by atoms with Crippen LogP contribution < -0.4 is 0 Å². The Morgan fingerprint density at radius 2 is 0.421 bits per heavy atom. The molecule has 0 N–H and O–H groups in total. The summed E-state index contributed by atoms with van der Waals surface area (Å²) in [5, 5.41) is 0. The Bertz CT molecular complexity index is 793. The van der Waals surface area contributed by atoms with Gasteiger partial charge in [0.15, 0.2) is 0 Å². The summed E-state index contributed by atoms with van der Waals surface area (Å²) in [4.78, 5) is 0. The molecule has 0 atom stereocenters. The summed E-state index contributed by atoms with van der Waals surface area (Å²) in [6.07, 6.45) is 74.5. The molecular formula is C57H103. The van der Waals surface area contributed by atoms with Crippen LogP contribution >= 0.6 is 0 Å². The fourth-order valence-electron chi connectivity index (χ4n) is 15.9. The first kappa shape index (κ1) is 46.5. The third-order valence-corrected chi connectivity index (χ3v) is 18.5. The Morgan fingerprint density at radius 1 is 0.228 bits per heavy atom. The molecule has 0 spiro atoms. The Kier molecular flexibility index (Phi) is 22.7. The van der Waals surface area contributed by atoms with E-state index in [4.69, 9.17) is 0 Å². The van der Waals surface area contributed by atoms with Crippen molar-refractivity contribution in [3.05, 3.63) is 5.92 Å². The van der Waals surface area contributed by atoms with E-state index in [9.17, 15) is 0 Å². The summed E-state index contributed by atoms with van der Waals surface area (Å²) < 4.78 is 0. The zero-order valence-electron chi connectivity index (χ0n) is 39.0. The number of rotatable bonds is 8. The monoisotopic (exact) mass is 788 g/mol. The molecular weight excluding hydrogens is 685 g/mol. The second-order valence-electron chi connectivity index (χ2n) is 22.4. The average Bonchev–Trinajstić information content (AvgIpc) is 3.69. The summed E-state index contributed by atoms with van der Waals surface area (Å²) in [5.41, 5.74) is 0.504. The standard InChI is InChI=1S/C57H103/c1-2-14-26-38-49(37-25-13-1)55(50-39-27-15-3-4-16-28-40-50)57(53-45-33-21-9-10-22-34-46-53,54-47-35-23-11-12-24-36-48-54)56(51-41-29-17-5-6-18-30-42-51)52-43-31-19-7-8-20-32-44-52/h49-55H,1-48H2. The summed E-state index contributed by atoms with van der Waals surface area (Å²) in [6, 6.07) is 0. The lowest BCUT2D eigenvalue weighted by Gasteiger charge is -2.64. The van der Waals surface area contributed by atoms with Crippen molar-refractivity contribution in [3.63, 3.8) is 0 Å². The smallest absolute Gasteiger partial charge is 0.0109 e. The number of hydrogen-bond acceptors (Lipinski definition) is 0. The minimum absolute atomic E-state index is 0.504. The van der Waals surface area contributed by atoms with Gasteiger partial charge in [-0.3, -0.25) is 0 Å². The molecule has 6 saturated carbocycles. The van der Waals surface area contributed by atoms with Gasteiger partial charge in [0.2, 0.25) is 0 Å². The van der Waals surface area contributed by atoms with E-state index in [2.05, 4.69) is 5.92 Å². The van der Waals surface area contributed by atoms with E-state index < -0.39 is 0 Å². The summed E-state index contributed by atoms with van der Waals surface area (Å²) in [7, 11) is 0. The van der Waals surface area contributed by atoms with Crippen LogP contribution in [-0.2, 0) is 0 Å². The van der Waals surface area contributed by atoms with E-state index in [0.29, 0.717) is 5.41 Å². The highest BCUT2D eigenvalue weighted by Gasteiger charge is 2.60. The van der Waals surface area contributed by atoms with Crippen LogP contribution in [0.15, 0.2) is 0 Å². The van der Waals surface area contributed by atoms with Gasteiger partial charge in [0, 0.05) is 0 Å². The first-order valence-corrected chi connectivity index (χ1v) is 28.3. The van der Waals surface area contributed by atoms with E-state index in [1.54, 1.807) is 154 Å². The van der Waals surface area contributed by atoms with E-state index in [1.165, 1.54) is 154 Å². The minimum atomic E-state index is 0.504. The molecule has 0 amide bonds. The van der Waals surface area contributed by atoms with Crippen LogP contribution in [0.3, 0.4) is 0 Å². The van der Waals surface area contributed by atoms with Gasteiger partial charge in [0.05, 0.1) is 0 Å². The van der Waals surface area contributed by atoms with Crippen molar-refractivity contribution in [1.29, 1.82) is 0 Å². The first-order chi connectivity index (χ1) is 28.4. The molecule has 0 aromatic rings. The maximum absolute atomic E-state index is 2.42. The maximum atomic E-state index is 2.42. The summed E-state index contributed by atoms with van der Waals surface area (Å²) in [5.74, 6) is 9.22. The topological polar surface area (TPSA) is 0 Å². The third kappa shape index (κ3) is 14.5. The van der Waals surface area contributed by atoms with E-state index >= 15 is 0 Å². The van der Waals surface area contributed by atoms with Gasteiger partial charge in [-0.15, -0.1) is 0 Å². The van der Waals surface area contributed by atoms with Gasteiger partial charge >= 0.3 is 0 Å². The molecule has 0 aromatic heterocycles. The van der Waals surface area contributed by atoms with Crippen LogP contribution in [0, 0.1) is 52.8 Å². The van der Waals surface area contributed by atoms with Crippen LogP contribution in [0.1, 0.15) is 308 Å². The lowest BCUT2D eigenvalue weighted by atomic mass is 9.41. The van der Waals surface area contributed by atoms with Gasteiger partial charge in [-0.05, 0) is 104 Å². The molecule has 6 aliphatic carbocycles. The lowest BCUT2D eigenvalue weighted by molar-refractivity contribution is -0.0922. The number of hydrogen-bond donors (Lipinski definition) is 0. The van der Waals surface area contributed by atoms with Gasteiger partial charge in [-0.2, -0.15) is 0 Å². The average molecular weight is 788 g/mol. The van der Waals surface area contributed by atoms with Crippen LogP contribution in [0.4, 0.5) is 0 Å². The van der Waals surface area contributed by atoms with E-state index in [0.717, 1.165) is 41.4 Å². The second-order valence-corrected chi connectivity index (χ2v) is 22.4. The molecule has 0 bridgehead atoms. The van der Waals surface area contributed by atoms with Gasteiger partial charge in [-0.25, -0.2) is 0 Å². The van der Waals surface area contributed by atoms with Crippen molar-refractivity contribution in [2.45, 2.75) is 308 Å². The molecule has 0 aliphatic heterocycles. The zero-order chi connectivity index (χ0) is 39.1. The van der Waals surface area contributed by atoms with Gasteiger partial charge < -0.3 is 0 Å². The van der Waals surface area contributed by atoms with Crippen molar-refractivity contribution >= 4 is 0 Å². The van der Waals surface area contributed by atoms with E-state index in [1.807, 2.05) is 0 Å². The third-order valence-electron chi connectivity index (χ3n) is 18.5. The Morgan fingerprint density at radius 3 is 0.667 bits per heavy atom. The molecule has 331 valence electrons. The Balaban J connectivity index is 1.63. The van der Waals surface area contributed by atoms with Crippen molar-refractivity contribution in [3.8, 4) is 0 Å². The summed E-state index contributed by atoms with van der Waals surface area (Å²) >= 11 is 0. The minimum Gasteiger partial charge on any atom is -0.0533 e. The van der Waals surface area contributed by atoms with Crippen molar-refractivity contribution in [1.82, 2.24) is 0 Å². The fraction of sp³-hybridized carbons (Fsp3) is 0.982. The van der Waals surface area contributed by atoms with Crippen LogP contribution in [-0.4, -0.2) is 0 Å². The molecule has 0 saturated heterocycles. The predicted octanol–water partition coefficient (Wildman–Crippen LogP) is 19.7. The molecule has 6 fully saturated rings. The molecule has 57 heavy (non-hydrogen) atoms. The molecule has 0 nitrogen and oxygen atoms in total. The zero-order valence-corrected chi connectivity index (χ0v) is 39.0. The molecule has 0 heterocycles. The molecule has 0 aromatic carbocycles. The van der Waals surface area contributed by atoms with Crippen LogP contribution in [0.2, 0.25) is 0 Å². The van der Waals surface area contributed by atoms with Crippen LogP contribution in [0.25, 0.3) is 0 Å². The highest BCUT2D eigenvalue weighted by Crippen LogP contribution is 2.67. The molecule has 0 heteroatoms. The lowest BCUT2D eigenvalue weighted by Crippen LogP contribution is -2.57. The maximum Gasteiger partial charge on any atom is -0.0109 e. The second kappa shape index (κ2) is 27.8. The van der Waals surface area contributed by atoms with Crippen molar-refractivity contribution in [2.75, 3.05) is 0 Å². The molecule has 6 rings (SSSR count). The molecule has 0 unspecified atom stereocenters. The highest BCUT2D eigenvalue weighted by molar-refractivity contribution is 5.22. The van der Waals surface area contributed by atoms with Crippen molar-refractivity contribution < 1.29 is 0 Å². The SMILES string of the molecule is C1CCCCC([C](C2CCCCCCCC2)C(C2CCCCCCCC2)(C2CCCCCCCC2)C(C2CCCCCCCC2)C2CCCCCCCC2)CCC1. The predicted molar refractivity (Wildman–Crippen MR) is 252 cm³/mol. The van der Waals surface area contributed by atoms with Gasteiger partial charge in [-0.1, -0.05) is 257 Å². The summed E-state index contributed by atoms with van der Waals surface area (Å²) in [6.45, 7) is 0.